The standard InChI is InChI=1S/C23H28N4O4/c1-14-12-27(18-16(28)13-31-19(14)18)22(30)20(23(2)8-4-5-9-23)25-21(29)15-11-24-17-7-3-6-10-26(15)17/h3,6-7,10-11,14,18-20H,4-5,8-9,12-13H2,1-2H3,(H,25,29)/t14-,18+,19+,20+/m0/s1. The van der Waals surface area contributed by atoms with Gasteiger partial charge in [-0.2, -0.15) is 0 Å². The van der Waals surface area contributed by atoms with Gasteiger partial charge < -0.3 is 15.0 Å². The van der Waals surface area contributed by atoms with Crippen LogP contribution in [0.4, 0.5) is 0 Å². The fraction of sp³-hybridized carbons (Fsp3) is 0.565. The number of hydrogen-bond acceptors (Lipinski definition) is 5. The molecule has 8 nitrogen and oxygen atoms in total. The molecule has 2 aliphatic heterocycles. The van der Waals surface area contributed by atoms with E-state index in [0.29, 0.717) is 17.9 Å². The van der Waals surface area contributed by atoms with Crippen molar-refractivity contribution in [2.75, 3.05) is 13.2 Å². The Morgan fingerprint density at radius 1 is 1.29 bits per heavy atom. The lowest BCUT2D eigenvalue weighted by atomic mass is 9.79. The van der Waals surface area contributed by atoms with Crippen molar-refractivity contribution in [3.05, 3.63) is 36.3 Å². The molecule has 3 fully saturated rings. The van der Waals surface area contributed by atoms with E-state index in [1.54, 1.807) is 15.5 Å². The Bertz CT molecular complexity index is 1040. The maximum absolute atomic E-state index is 13.8. The van der Waals surface area contributed by atoms with E-state index in [0.717, 1.165) is 25.7 Å². The molecule has 2 aromatic rings. The number of nitrogens with one attached hydrogen (secondary N) is 1. The number of ketones is 1. The van der Waals surface area contributed by atoms with Crippen LogP contribution in [-0.2, 0) is 14.3 Å². The quantitative estimate of drug-likeness (QED) is 0.808. The van der Waals surface area contributed by atoms with E-state index in [-0.39, 0.29) is 41.6 Å². The van der Waals surface area contributed by atoms with Crippen molar-refractivity contribution < 1.29 is 19.1 Å². The van der Waals surface area contributed by atoms with Gasteiger partial charge >= 0.3 is 0 Å². The van der Waals surface area contributed by atoms with Gasteiger partial charge in [0.15, 0.2) is 5.78 Å². The first-order valence-electron chi connectivity index (χ1n) is 11.1. The highest BCUT2D eigenvalue weighted by molar-refractivity contribution is 5.99. The van der Waals surface area contributed by atoms with Crippen LogP contribution < -0.4 is 5.32 Å². The Kier molecular flexibility index (Phi) is 4.84. The zero-order valence-corrected chi connectivity index (χ0v) is 17.9. The van der Waals surface area contributed by atoms with Gasteiger partial charge in [-0.1, -0.05) is 32.8 Å². The lowest BCUT2D eigenvalue weighted by molar-refractivity contribution is -0.140. The summed E-state index contributed by atoms with van der Waals surface area (Å²) >= 11 is 0. The van der Waals surface area contributed by atoms with Gasteiger partial charge in [-0.05, 0) is 30.4 Å². The molecule has 0 unspecified atom stereocenters. The van der Waals surface area contributed by atoms with E-state index < -0.39 is 12.1 Å². The third kappa shape index (κ3) is 3.24. The van der Waals surface area contributed by atoms with Crippen LogP contribution in [-0.4, -0.2) is 63.2 Å². The van der Waals surface area contributed by atoms with Crippen molar-refractivity contribution in [3.63, 3.8) is 0 Å². The smallest absolute Gasteiger partial charge is 0.270 e. The number of ether oxygens (including phenoxy) is 1. The summed E-state index contributed by atoms with van der Waals surface area (Å²) in [7, 11) is 0. The summed E-state index contributed by atoms with van der Waals surface area (Å²) in [5.41, 5.74) is 0.715. The third-order valence-electron chi connectivity index (χ3n) is 7.34. The molecule has 8 heteroatoms. The average Bonchev–Trinajstić information content (AvgIpc) is 3.52. The summed E-state index contributed by atoms with van der Waals surface area (Å²) in [5.74, 6) is -0.467. The second kappa shape index (κ2) is 7.44. The maximum atomic E-state index is 13.8. The number of hydrogen-bond donors (Lipinski definition) is 1. The fourth-order valence-electron chi connectivity index (χ4n) is 5.60. The average molecular weight is 425 g/mol. The predicted molar refractivity (Wildman–Crippen MR) is 112 cm³/mol. The number of rotatable bonds is 4. The molecular formula is C23H28N4O4. The molecule has 4 heterocycles. The molecule has 0 aromatic carbocycles. The molecule has 1 N–H and O–H groups in total. The number of carbonyl (C=O) groups is 3. The number of nitrogens with zero attached hydrogens (tertiary/aromatic N) is 3. The second-order valence-corrected chi connectivity index (χ2v) is 9.49. The van der Waals surface area contributed by atoms with E-state index >= 15 is 0 Å². The van der Waals surface area contributed by atoms with Gasteiger partial charge in [0.05, 0.1) is 12.3 Å². The zero-order chi connectivity index (χ0) is 21.8. The van der Waals surface area contributed by atoms with Crippen molar-refractivity contribution in [3.8, 4) is 0 Å². The van der Waals surface area contributed by atoms with Crippen LogP contribution in [0, 0.1) is 11.3 Å². The molecule has 1 aliphatic carbocycles. The maximum Gasteiger partial charge on any atom is 0.270 e. The number of Topliss-reactive ketones (excluding diaryl/α,β-unsaturated/α-hetero) is 1. The summed E-state index contributed by atoms with van der Waals surface area (Å²) < 4.78 is 7.38. The van der Waals surface area contributed by atoms with Gasteiger partial charge in [-0.25, -0.2) is 4.98 Å². The SMILES string of the molecule is C[C@H]1CN(C(=O)[C@@H](NC(=O)c2cnc3ccccn23)C2(C)CCCC2)[C@@H]2C(=O)CO[C@@H]21. The van der Waals surface area contributed by atoms with Gasteiger partial charge in [0.25, 0.3) is 5.91 Å². The van der Waals surface area contributed by atoms with Gasteiger partial charge in [-0.3, -0.25) is 18.8 Å². The second-order valence-electron chi connectivity index (χ2n) is 9.49. The van der Waals surface area contributed by atoms with Crippen molar-refractivity contribution in [2.45, 2.75) is 57.7 Å². The van der Waals surface area contributed by atoms with Crippen LogP contribution in [0.1, 0.15) is 50.0 Å². The molecule has 164 valence electrons. The molecule has 0 radical (unpaired) electrons. The van der Waals surface area contributed by atoms with Crippen LogP contribution in [0.5, 0.6) is 0 Å². The summed E-state index contributed by atoms with van der Waals surface area (Å²) in [6.45, 7) is 4.60. The normalized spacial score (nSPS) is 28.1. The highest BCUT2D eigenvalue weighted by atomic mass is 16.5. The van der Waals surface area contributed by atoms with Crippen molar-refractivity contribution >= 4 is 23.2 Å². The van der Waals surface area contributed by atoms with Crippen LogP contribution in [0.15, 0.2) is 30.6 Å². The molecule has 1 saturated carbocycles. The number of aromatic nitrogens is 2. The molecule has 2 saturated heterocycles. The molecular weight excluding hydrogens is 396 g/mol. The number of pyridine rings is 1. The highest BCUT2D eigenvalue weighted by Crippen LogP contribution is 2.42. The minimum absolute atomic E-state index is 0.0499. The van der Waals surface area contributed by atoms with E-state index in [9.17, 15) is 14.4 Å². The van der Waals surface area contributed by atoms with Gasteiger partial charge in [-0.15, -0.1) is 0 Å². The van der Waals surface area contributed by atoms with E-state index in [4.69, 9.17) is 4.74 Å². The third-order valence-corrected chi connectivity index (χ3v) is 7.34. The molecule has 5 rings (SSSR count). The lowest BCUT2D eigenvalue weighted by Crippen LogP contribution is -2.58. The summed E-state index contributed by atoms with van der Waals surface area (Å²) in [6, 6.07) is 4.29. The van der Waals surface area contributed by atoms with Crippen LogP contribution in [0.2, 0.25) is 0 Å². The summed E-state index contributed by atoms with van der Waals surface area (Å²) in [6.07, 6.45) is 6.84. The Labute approximate surface area is 180 Å². The first-order valence-corrected chi connectivity index (χ1v) is 11.1. The number of likely N-dealkylation sites (tertiary alicyclic amines) is 1. The highest BCUT2D eigenvalue weighted by Gasteiger charge is 2.54. The molecule has 0 spiro atoms. The molecule has 2 aromatic heterocycles. The van der Waals surface area contributed by atoms with E-state index in [1.165, 1.54) is 6.20 Å². The monoisotopic (exact) mass is 424 g/mol. The van der Waals surface area contributed by atoms with Crippen LogP contribution >= 0.6 is 0 Å². The first kappa shape index (κ1) is 20.2. The molecule has 2 amide bonds. The largest absolute Gasteiger partial charge is 0.367 e. The van der Waals surface area contributed by atoms with Crippen molar-refractivity contribution in [2.24, 2.45) is 11.3 Å². The van der Waals surface area contributed by atoms with Gasteiger partial charge in [0.2, 0.25) is 5.91 Å². The Balaban J connectivity index is 1.46. The Morgan fingerprint density at radius 3 is 2.84 bits per heavy atom. The molecule has 0 bridgehead atoms. The number of amides is 2. The van der Waals surface area contributed by atoms with Crippen LogP contribution in [0.3, 0.4) is 0 Å². The number of fused-ring (bicyclic) bond motifs is 2. The Morgan fingerprint density at radius 2 is 2.06 bits per heavy atom. The topological polar surface area (TPSA) is 93.0 Å². The lowest BCUT2D eigenvalue weighted by Gasteiger charge is -2.37. The van der Waals surface area contributed by atoms with Crippen molar-refractivity contribution in [1.29, 1.82) is 0 Å². The first-order chi connectivity index (χ1) is 14.9. The Hall–Kier alpha value is -2.74. The zero-order valence-electron chi connectivity index (χ0n) is 17.9. The number of imidazole rings is 1. The minimum atomic E-state index is -0.698. The van der Waals surface area contributed by atoms with Gasteiger partial charge in [0, 0.05) is 18.7 Å². The molecule has 3 aliphatic rings. The molecule has 31 heavy (non-hydrogen) atoms. The van der Waals surface area contributed by atoms with Crippen LogP contribution in [0.25, 0.3) is 5.65 Å². The molecule has 4 atom stereocenters. The van der Waals surface area contributed by atoms with E-state index in [1.807, 2.05) is 25.1 Å². The van der Waals surface area contributed by atoms with E-state index in [2.05, 4.69) is 17.2 Å². The van der Waals surface area contributed by atoms with Gasteiger partial charge in [0.1, 0.15) is 30.0 Å². The number of carbonyl (C=O) groups excluding carboxylic acids is 3. The predicted octanol–water partition coefficient (Wildman–Crippen LogP) is 1.83. The minimum Gasteiger partial charge on any atom is -0.367 e. The summed E-state index contributed by atoms with van der Waals surface area (Å²) in [4.78, 5) is 45.5. The van der Waals surface area contributed by atoms with Crippen molar-refractivity contribution in [1.82, 2.24) is 19.6 Å². The summed E-state index contributed by atoms with van der Waals surface area (Å²) in [5, 5.41) is 3.04. The fourth-order valence-corrected chi connectivity index (χ4v) is 5.60.